The highest BCUT2D eigenvalue weighted by Gasteiger charge is 2.45. The van der Waals surface area contributed by atoms with Crippen molar-refractivity contribution in [2.75, 3.05) is 32.6 Å². The van der Waals surface area contributed by atoms with Crippen LogP contribution in [0.25, 0.3) is 0 Å². The first-order chi connectivity index (χ1) is 17.3. The molecule has 38 heavy (non-hydrogen) atoms. The number of nitrogens with zero attached hydrogens (tertiary/aromatic N) is 1. The largest absolute Gasteiger partial charge is 0.390 e. The number of aliphatic hydroxyl groups excluding tert-OH is 1. The minimum Gasteiger partial charge on any atom is -0.390 e. The maximum atomic E-state index is 13.6. The first-order valence-corrected chi connectivity index (χ1v) is 16.2. The summed E-state index contributed by atoms with van der Waals surface area (Å²) in [6.45, 7) is 7.83. The van der Waals surface area contributed by atoms with Crippen LogP contribution >= 0.6 is 0 Å². The van der Waals surface area contributed by atoms with Crippen LogP contribution in [0.15, 0.2) is 30.3 Å². The van der Waals surface area contributed by atoms with Crippen LogP contribution in [-0.2, 0) is 35.9 Å². The van der Waals surface area contributed by atoms with Gasteiger partial charge in [-0.2, -0.15) is 4.31 Å². The Morgan fingerprint density at radius 2 is 1.50 bits per heavy atom. The summed E-state index contributed by atoms with van der Waals surface area (Å²) in [5, 5.41) is 19.2. The number of nitrogens with one attached hydrogen (secondary N) is 3. The highest BCUT2D eigenvalue weighted by Crippen LogP contribution is 2.22. The summed E-state index contributed by atoms with van der Waals surface area (Å²) in [6, 6.07) is 5.79. The SMILES string of the molecule is CNC(C)C(=O)N[C@H](C(=O)N[C@@H](Cc1ccccc1)C(O)CN(CC(C)C)S(C)(=O)=O)C(C)(C)S(C)(=O)=O. The first kappa shape index (κ1) is 34.0. The van der Waals surface area contributed by atoms with E-state index >= 15 is 0 Å². The number of amides is 2. The minimum atomic E-state index is -3.84. The number of carbonyl (C=O) groups excluding carboxylic acids is 2. The molecule has 1 aromatic rings. The van der Waals surface area contributed by atoms with Gasteiger partial charge in [0.2, 0.25) is 21.8 Å². The molecule has 4 N–H and O–H groups in total. The second-order valence-electron chi connectivity index (χ2n) is 10.7. The van der Waals surface area contributed by atoms with Crippen molar-refractivity contribution in [3.8, 4) is 0 Å². The Kier molecular flexibility index (Phi) is 12.4. The van der Waals surface area contributed by atoms with Crippen LogP contribution in [0.4, 0.5) is 0 Å². The third-order valence-corrected chi connectivity index (χ3v) is 9.93. The molecule has 0 radical (unpaired) electrons. The molecule has 0 heterocycles. The quantitative estimate of drug-likeness (QED) is 0.225. The van der Waals surface area contributed by atoms with Gasteiger partial charge in [0.05, 0.1) is 29.2 Å². The molecule has 0 aliphatic heterocycles. The number of hydrogen-bond donors (Lipinski definition) is 4. The number of likely N-dealkylation sites (N-methyl/N-ethyl adjacent to an activating group) is 1. The monoisotopic (exact) mass is 576 g/mol. The molecule has 13 heteroatoms. The van der Waals surface area contributed by atoms with E-state index in [0.717, 1.165) is 22.4 Å². The van der Waals surface area contributed by atoms with Crippen molar-refractivity contribution in [2.24, 2.45) is 5.92 Å². The van der Waals surface area contributed by atoms with E-state index < -0.39 is 60.7 Å². The third kappa shape index (κ3) is 9.92. The standard InChI is InChI=1S/C25H44N4O7S2/c1-17(2)15-29(38(8,35)36)16-21(30)20(14-19-12-10-9-11-13-19)27-24(32)22(25(4,5)37(7,33)34)28-23(31)18(3)26-6/h9-13,17-18,20-22,26,30H,14-16H2,1-8H3,(H,27,32)(H,28,31)/t18?,20-,21?,22+/m0/s1. The fourth-order valence-corrected chi connectivity index (χ4v) is 5.26. The van der Waals surface area contributed by atoms with Crippen molar-refractivity contribution >= 4 is 31.7 Å². The van der Waals surface area contributed by atoms with Crippen LogP contribution in [0.1, 0.15) is 40.2 Å². The Hall–Kier alpha value is -2.06. The number of aliphatic hydroxyl groups is 1. The molecule has 0 aliphatic carbocycles. The van der Waals surface area contributed by atoms with Crippen LogP contribution in [-0.4, -0.2) is 99.7 Å². The van der Waals surface area contributed by atoms with E-state index in [2.05, 4.69) is 16.0 Å². The van der Waals surface area contributed by atoms with Crippen molar-refractivity contribution in [1.29, 1.82) is 0 Å². The molecule has 4 atom stereocenters. The van der Waals surface area contributed by atoms with E-state index in [0.29, 0.717) is 0 Å². The molecule has 0 saturated carbocycles. The summed E-state index contributed by atoms with van der Waals surface area (Å²) in [5.41, 5.74) is 0.762. The average molecular weight is 577 g/mol. The van der Waals surface area contributed by atoms with Gasteiger partial charge in [-0.15, -0.1) is 0 Å². The fourth-order valence-electron chi connectivity index (χ4n) is 3.67. The van der Waals surface area contributed by atoms with Crippen molar-refractivity contribution in [2.45, 2.75) is 70.0 Å². The van der Waals surface area contributed by atoms with Gasteiger partial charge in [-0.1, -0.05) is 44.2 Å². The molecule has 2 unspecified atom stereocenters. The van der Waals surface area contributed by atoms with Crippen molar-refractivity contribution in [3.05, 3.63) is 35.9 Å². The number of benzene rings is 1. The minimum absolute atomic E-state index is 0.0107. The third-order valence-electron chi connectivity index (χ3n) is 6.54. The number of rotatable bonds is 15. The summed E-state index contributed by atoms with van der Waals surface area (Å²) >= 11 is 0. The summed E-state index contributed by atoms with van der Waals surface area (Å²) in [4.78, 5) is 26.3. The molecule has 0 aromatic heterocycles. The molecule has 0 saturated heterocycles. The predicted octanol–water partition coefficient (Wildman–Crippen LogP) is -0.0917. The van der Waals surface area contributed by atoms with Crippen LogP contribution < -0.4 is 16.0 Å². The van der Waals surface area contributed by atoms with Crippen LogP contribution in [0, 0.1) is 5.92 Å². The molecular weight excluding hydrogens is 532 g/mol. The van der Waals surface area contributed by atoms with Gasteiger partial charge in [-0.3, -0.25) is 9.59 Å². The Morgan fingerprint density at radius 1 is 0.947 bits per heavy atom. The maximum Gasteiger partial charge on any atom is 0.244 e. The average Bonchev–Trinajstić information content (AvgIpc) is 2.79. The molecule has 11 nitrogen and oxygen atoms in total. The van der Waals surface area contributed by atoms with Crippen LogP contribution in [0.5, 0.6) is 0 Å². The molecule has 2 amide bonds. The topological polar surface area (TPSA) is 162 Å². The van der Waals surface area contributed by atoms with E-state index in [4.69, 9.17) is 0 Å². The van der Waals surface area contributed by atoms with Crippen LogP contribution in [0.2, 0.25) is 0 Å². The molecule has 1 aromatic carbocycles. The summed E-state index contributed by atoms with van der Waals surface area (Å²) < 4.78 is 49.4. The highest BCUT2D eigenvalue weighted by atomic mass is 32.2. The molecule has 0 aliphatic rings. The van der Waals surface area contributed by atoms with E-state index in [1.165, 1.54) is 13.8 Å². The Labute approximate surface area is 227 Å². The summed E-state index contributed by atoms with van der Waals surface area (Å²) in [6.07, 6.45) is 0.838. The molecular formula is C25H44N4O7S2. The van der Waals surface area contributed by atoms with E-state index in [1.54, 1.807) is 38.2 Å². The zero-order valence-corrected chi connectivity index (χ0v) is 25.2. The number of sulfone groups is 1. The van der Waals surface area contributed by atoms with Crippen LogP contribution in [0.3, 0.4) is 0 Å². The fraction of sp³-hybridized carbons (Fsp3) is 0.680. The highest BCUT2D eigenvalue weighted by molar-refractivity contribution is 7.92. The zero-order chi connectivity index (χ0) is 29.5. The molecule has 0 spiro atoms. The van der Waals surface area contributed by atoms with Gasteiger partial charge in [-0.05, 0) is 45.7 Å². The second kappa shape index (κ2) is 13.8. The lowest BCUT2D eigenvalue weighted by atomic mass is 9.97. The maximum absolute atomic E-state index is 13.6. The lowest BCUT2D eigenvalue weighted by molar-refractivity contribution is -0.131. The molecule has 0 bridgehead atoms. The van der Waals surface area contributed by atoms with Gasteiger partial charge >= 0.3 is 0 Å². The van der Waals surface area contributed by atoms with E-state index in [1.807, 2.05) is 19.9 Å². The Bertz CT molecular complexity index is 1140. The van der Waals surface area contributed by atoms with Gasteiger partial charge in [0.15, 0.2) is 9.84 Å². The van der Waals surface area contributed by atoms with Crippen molar-refractivity contribution in [3.63, 3.8) is 0 Å². The smallest absolute Gasteiger partial charge is 0.244 e. The van der Waals surface area contributed by atoms with Gasteiger partial charge in [0.1, 0.15) is 6.04 Å². The molecule has 218 valence electrons. The lowest BCUT2D eigenvalue weighted by Gasteiger charge is -2.35. The van der Waals surface area contributed by atoms with Gasteiger partial charge < -0.3 is 21.1 Å². The zero-order valence-electron chi connectivity index (χ0n) is 23.6. The molecule has 0 fully saturated rings. The summed E-state index contributed by atoms with van der Waals surface area (Å²) in [5.74, 6) is -1.40. The number of hydrogen-bond acceptors (Lipinski definition) is 8. The Morgan fingerprint density at radius 3 is 1.95 bits per heavy atom. The predicted molar refractivity (Wildman–Crippen MR) is 149 cm³/mol. The normalized spacial score (nSPS) is 16.1. The Balaban J connectivity index is 3.42. The summed E-state index contributed by atoms with van der Waals surface area (Å²) in [7, 11) is -5.94. The van der Waals surface area contributed by atoms with E-state index in [-0.39, 0.29) is 25.4 Å². The second-order valence-corrected chi connectivity index (χ2v) is 15.3. The van der Waals surface area contributed by atoms with E-state index in [9.17, 15) is 31.5 Å². The molecule has 1 rings (SSSR count). The first-order valence-electron chi connectivity index (χ1n) is 12.5. The van der Waals surface area contributed by atoms with Crippen molar-refractivity contribution in [1.82, 2.24) is 20.3 Å². The number of sulfonamides is 1. The number of carbonyl (C=O) groups is 2. The van der Waals surface area contributed by atoms with Gasteiger partial charge in [-0.25, -0.2) is 16.8 Å². The van der Waals surface area contributed by atoms with Gasteiger partial charge in [0, 0.05) is 19.3 Å². The van der Waals surface area contributed by atoms with Crippen molar-refractivity contribution < 1.29 is 31.5 Å². The lowest BCUT2D eigenvalue weighted by Crippen LogP contribution is -2.64. The van der Waals surface area contributed by atoms with Gasteiger partial charge in [0.25, 0.3) is 0 Å².